The van der Waals surface area contributed by atoms with Crippen LogP contribution in [0.5, 0.6) is 0 Å². The molecule has 0 aliphatic carbocycles. The van der Waals surface area contributed by atoms with Crippen LogP contribution in [-0.2, 0) is 0 Å². The first-order valence-corrected chi connectivity index (χ1v) is 6.67. The van der Waals surface area contributed by atoms with Gasteiger partial charge in [0.15, 0.2) is 10.8 Å². The predicted molar refractivity (Wildman–Crippen MR) is 70.8 cm³/mol. The molecule has 17 heavy (non-hydrogen) atoms. The van der Waals surface area contributed by atoms with Crippen molar-refractivity contribution < 1.29 is 0 Å². The number of fused-ring (bicyclic) bond motifs is 1. The van der Waals surface area contributed by atoms with Crippen molar-refractivity contribution in [1.82, 2.24) is 15.0 Å². The fourth-order valence-electron chi connectivity index (χ4n) is 1.73. The van der Waals surface area contributed by atoms with Gasteiger partial charge >= 0.3 is 0 Å². The predicted octanol–water partition coefficient (Wildman–Crippen LogP) is 2.01. The molecule has 0 saturated heterocycles. The van der Waals surface area contributed by atoms with Crippen molar-refractivity contribution in [2.75, 3.05) is 18.0 Å². The van der Waals surface area contributed by atoms with E-state index in [4.69, 9.17) is 0 Å². The summed E-state index contributed by atoms with van der Waals surface area (Å²) in [7, 11) is 0. The largest absolute Gasteiger partial charge is 0.348 e. The molecule has 2 rings (SSSR count). The molecule has 1 N–H and O–H groups in total. The smallest absolute Gasteiger partial charge is 0.270 e. The van der Waals surface area contributed by atoms with Gasteiger partial charge in [0.25, 0.3) is 5.56 Å². The number of thiazole rings is 1. The molecule has 2 aromatic heterocycles. The van der Waals surface area contributed by atoms with Gasteiger partial charge in [0.2, 0.25) is 0 Å². The summed E-state index contributed by atoms with van der Waals surface area (Å²) in [5, 5.41) is 0.896. The van der Waals surface area contributed by atoms with E-state index in [1.807, 2.05) is 0 Å². The fraction of sp³-hybridized carbons (Fsp3) is 0.545. The lowest BCUT2D eigenvalue weighted by Crippen LogP contribution is -2.24. The molecule has 6 heteroatoms. The Morgan fingerprint density at radius 2 is 2.06 bits per heavy atom. The highest BCUT2D eigenvalue weighted by molar-refractivity contribution is 7.22. The summed E-state index contributed by atoms with van der Waals surface area (Å²) in [5.74, 6) is 0. The van der Waals surface area contributed by atoms with E-state index >= 15 is 0 Å². The highest BCUT2D eigenvalue weighted by Crippen LogP contribution is 2.25. The normalized spacial score (nSPS) is 10.9. The average molecular weight is 252 g/mol. The van der Waals surface area contributed by atoms with Crippen LogP contribution >= 0.6 is 11.3 Å². The summed E-state index contributed by atoms with van der Waals surface area (Å²) in [6, 6.07) is 0. The molecule has 0 spiro atoms. The average Bonchev–Trinajstić information content (AvgIpc) is 2.74. The van der Waals surface area contributed by atoms with Gasteiger partial charge in [-0.25, -0.2) is 4.98 Å². The maximum atomic E-state index is 11.6. The van der Waals surface area contributed by atoms with E-state index in [0.29, 0.717) is 10.3 Å². The zero-order chi connectivity index (χ0) is 12.3. The SMILES string of the molecule is CCCN(CCC)c1nc2nc[nH]c(=O)c2s1. The van der Waals surface area contributed by atoms with E-state index in [0.717, 1.165) is 31.1 Å². The molecule has 0 aromatic carbocycles. The highest BCUT2D eigenvalue weighted by Gasteiger charge is 2.13. The number of nitrogens with zero attached hydrogens (tertiary/aromatic N) is 3. The zero-order valence-corrected chi connectivity index (χ0v) is 10.9. The Balaban J connectivity index is 2.40. The highest BCUT2D eigenvalue weighted by atomic mass is 32.1. The van der Waals surface area contributed by atoms with Gasteiger partial charge in [0, 0.05) is 13.1 Å². The van der Waals surface area contributed by atoms with E-state index in [9.17, 15) is 4.79 Å². The van der Waals surface area contributed by atoms with Gasteiger partial charge < -0.3 is 9.88 Å². The summed E-state index contributed by atoms with van der Waals surface area (Å²) >= 11 is 1.42. The first kappa shape index (κ1) is 12.0. The number of H-pyrrole nitrogens is 1. The van der Waals surface area contributed by atoms with Gasteiger partial charge in [0.05, 0.1) is 6.33 Å². The Labute approximate surface area is 104 Å². The second-order valence-corrected chi connectivity index (χ2v) is 4.85. The molecule has 0 amide bonds. The third-order valence-corrected chi connectivity index (χ3v) is 3.55. The van der Waals surface area contributed by atoms with Crippen LogP contribution in [0.15, 0.2) is 11.1 Å². The standard InChI is InChI=1S/C11H16N4OS/c1-3-5-15(6-4-2)11-14-9-8(17-11)10(16)13-7-12-9/h7H,3-6H2,1-2H3,(H,12,13,16). The number of aromatic amines is 1. The van der Waals surface area contributed by atoms with Gasteiger partial charge in [0.1, 0.15) is 4.70 Å². The second kappa shape index (κ2) is 5.27. The lowest BCUT2D eigenvalue weighted by Gasteiger charge is -2.19. The van der Waals surface area contributed by atoms with Crippen molar-refractivity contribution in [1.29, 1.82) is 0 Å². The van der Waals surface area contributed by atoms with Crippen LogP contribution in [0.25, 0.3) is 10.3 Å². The van der Waals surface area contributed by atoms with Crippen LogP contribution < -0.4 is 10.5 Å². The third-order valence-electron chi connectivity index (χ3n) is 2.44. The molecular formula is C11H16N4OS. The quantitative estimate of drug-likeness (QED) is 0.884. The number of nitrogens with one attached hydrogen (secondary N) is 1. The molecule has 0 radical (unpaired) electrons. The Kier molecular flexibility index (Phi) is 3.73. The number of rotatable bonds is 5. The zero-order valence-electron chi connectivity index (χ0n) is 10.1. The van der Waals surface area contributed by atoms with E-state index in [-0.39, 0.29) is 5.56 Å². The maximum Gasteiger partial charge on any atom is 0.270 e. The van der Waals surface area contributed by atoms with Crippen molar-refractivity contribution in [2.45, 2.75) is 26.7 Å². The summed E-state index contributed by atoms with van der Waals surface area (Å²) < 4.78 is 0.611. The molecule has 0 saturated carbocycles. The minimum Gasteiger partial charge on any atom is -0.348 e. The third kappa shape index (κ3) is 2.46. The van der Waals surface area contributed by atoms with E-state index < -0.39 is 0 Å². The van der Waals surface area contributed by atoms with Crippen LogP contribution in [0.2, 0.25) is 0 Å². The van der Waals surface area contributed by atoms with Crippen molar-refractivity contribution >= 4 is 26.8 Å². The van der Waals surface area contributed by atoms with Crippen molar-refractivity contribution in [3.05, 3.63) is 16.7 Å². The van der Waals surface area contributed by atoms with Crippen molar-refractivity contribution in [2.24, 2.45) is 0 Å². The van der Waals surface area contributed by atoms with E-state index in [2.05, 4.69) is 33.7 Å². The van der Waals surface area contributed by atoms with Crippen LogP contribution in [0.3, 0.4) is 0 Å². The molecule has 5 nitrogen and oxygen atoms in total. The number of hydrogen-bond acceptors (Lipinski definition) is 5. The lowest BCUT2D eigenvalue weighted by molar-refractivity contribution is 0.742. The number of anilines is 1. The van der Waals surface area contributed by atoms with Crippen LogP contribution in [0.4, 0.5) is 5.13 Å². The molecule has 0 aliphatic heterocycles. The first-order chi connectivity index (χ1) is 8.26. The van der Waals surface area contributed by atoms with Gasteiger partial charge in [-0.3, -0.25) is 4.79 Å². The van der Waals surface area contributed by atoms with Crippen LogP contribution in [0, 0.1) is 0 Å². The lowest BCUT2D eigenvalue weighted by atomic mass is 10.4. The first-order valence-electron chi connectivity index (χ1n) is 5.85. The Hall–Kier alpha value is -1.43. The molecule has 92 valence electrons. The Morgan fingerprint density at radius 1 is 1.35 bits per heavy atom. The number of hydrogen-bond donors (Lipinski definition) is 1. The van der Waals surface area contributed by atoms with Crippen LogP contribution in [-0.4, -0.2) is 28.0 Å². The molecular weight excluding hydrogens is 236 g/mol. The summed E-state index contributed by atoms with van der Waals surface area (Å²) in [5.41, 5.74) is 0.442. The summed E-state index contributed by atoms with van der Waals surface area (Å²) in [6.45, 7) is 6.21. The molecule has 2 aromatic rings. The van der Waals surface area contributed by atoms with E-state index in [1.165, 1.54) is 17.7 Å². The molecule has 0 atom stereocenters. The summed E-state index contributed by atoms with van der Waals surface area (Å²) in [4.78, 5) is 24.9. The molecule has 0 unspecified atom stereocenters. The van der Waals surface area contributed by atoms with Gasteiger partial charge in [-0.15, -0.1) is 0 Å². The summed E-state index contributed by atoms with van der Waals surface area (Å²) in [6.07, 6.45) is 3.54. The molecule has 0 bridgehead atoms. The van der Waals surface area contributed by atoms with E-state index in [1.54, 1.807) is 0 Å². The minimum atomic E-state index is -0.105. The minimum absolute atomic E-state index is 0.105. The van der Waals surface area contributed by atoms with Gasteiger partial charge in [-0.2, -0.15) is 4.98 Å². The van der Waals surface area contributed by atoms with Gasteiger partial charge in [-0.1, -0.05) is 25.2 Å². The number of aromatic nitrogens is 3. The van der Waals surface area contributed by atoms with Crippen molar-refractivity contribution in [3.63, 3.8) is 0 Å². The molecule has 0 fully saturated rings. The molecule has 2 heterocycles. The Morgan fingerprint density at radius 3 is 2.65 bits per heavy atom. The second-order valence-electron chi connectivity index (χ2n) is 3.87. The fourth-order valence-corrected chi connectivity index (χ4v) is 2.70. The van der Waals surface area contributed by atoms with Crippen molar-refractivity contribution in [3.8, 4) is 0 Å². The monoisotopic (exact) mass is 252 g/mol. The van der Waals surface area contributed by atoms with Gasteiger partial charge in [-0.05, 0) is 12.8 Å². The Bertz CT molecular complexity index is 542. The topological polar surface area (TPSA) is 61.9 Å². The van der Waals surface area contributed by atoms with Crippen LogP contribution in [0.1, 0.15) is 26.7 Å². The molecule has 0 aliphatic rings. The maximum absolute atomic E-state index is 11.6.